The number of hydrogen-bond donors (Lipinski definition) is 1. The normalized spacial score (nSPS) is 28.9. The Hall–Kier alpha value is -1.42. The zero-order valence-electron chi connectivity index (χ0n) is 17.0. The van der Waals surface area contributed by atoms with Crippen molar-refractivity contribution in [2.45, 2.75) is 76.0 Å². The van der Waals surface area contributed by atoms with E-state index >= 15 is 0 Å². The molecule has 2 saturated heterocycles. The van der Waals surface area contributed by atoms with Gasteiger partial charge in [-0.15, -0.1) is 0 Å². The molecule has 2 fully saturated rings. The molecule has 0 radical (unpaired) electrons. The molecule has 1 N–H and O–H groups in total. The second-order valence-corrected chi connectivity index (χ2v) is 14.7. The quantitative estimate of drug-likeness (QED) is 0.783. The standard InChI is InChI=1S/C24H33NOSi/c1-27(2,3)23-14-12-20(13-15-23)24(26)16-21-10-7-11-22(17-24)25(21)18-19-8-5-4-6-9-19/h4-6,8-9,12-15,21-22,26H,7,10-11,16-18H2,1-3H3. The summed E-state index contributed by atoms with van der Waals surface area (Å²) in [5.74, 6) is 0. The first-order chi connectivity index (χ1) is 12.9. The highest BCUT2D eigenvalue weighted by Crippen LogP contribution is 2.44. The number of piperidine rings is 2. The summed E-state index contributed by atoms with van der Waals surface area (Å²) in [7, 11) is -1.30. The van der Waals surface area contributed by atoms with Crippen molar-refractivity contribution in [3.05, 3.63) is 65.7 Å². The van der Waals surface area contributed by atoms with Crippen LogP contribution in [0.1, 0.15) is 43.2 Å². The van der Waals surface area contributed by atoms with Crippen LogP contribution in [0.5, 0.6) is 0 Å². The summed E-state index contributed by atoms with van der Waals surface area (Å²) in [6, 6.07) is 20.7. The van der Waals surface area contributed by atoms with Crippen molar-refractivity contribution < 1.29 is 5.11 Å². The van der Waals surface area contributed by atoms with E-state index < -0.39 is 13.7 Å². The molecule has 2 atom stereocenters. The van der Waals surface area contributed by atoms with Crippen molar-refractivity contribution in [3.63, 3.8) is 0 Å². The van der Waals surface area contributed by atoms with E-state index in [0.29, 0.717) is 12.1 Å². The number of rotatable bonds is 4. The molecule has 2 aliphatic rings. The van der Waals surface area contributed by atoms with Gasteiger partial charge in [0.05, 0.1) is 13.7 Å². The molecule has 0 aliphatic carbocycles. The van der Waals surface area contributed by atoms with Gasteiger partial charge in [0.2, 0.25) is 0 Å². The Morgan fingerprint density at radius 2 is 1.52 bits per heavy atom. The number of fused-ring (bicyclic) bond motifs is 2. The Labute approximate surface area is 165 Å². The third kappa shape index (κ3) is 3.91. The summed E-state index contributed by atoms with van der Waals surface area (Å²) >= 11 is 0. The van der Waals surface area contributed by atoms with Crippen LogP contribution in [-0.2, 0) is 12.1 Å². The van der Waals surface area contributed by atoms with Gasteiger partial charge in [-0.3, -0.25) is 4.90 Å². The third-order valence-electron chi connectivity index (χ3n) is 6.66. The minimum Gasteiger partial charge on any atom is -0.385 e. The molecular weight excluding hydrogens is 346 g/mol. The average Bonchev–Trinajstić information content (AvgIpc) is 2.63. The molecule has 0 aromatic heterocycles. The van der Waals surface area contributed by atoms with Gasteiger partial charge < -0.3 is 5.11 Å². The lowest BCUT2D eigenvalue weighted by molar-refractivity contribution is -0.0999. The molecular formula is C24H33NOSi. The van der Waals surface area contributed by atoms with Gasteiger partial charge in [0, 0.05) is 18.6 Å². The predicted octanol–water partition coefficient (Wildman–Crippen LogP) is 4.64. The molecule has 2 heterocycles. The van der Waals surface area contributed by atoms with Gasteiger partial charge in [-0.25, -0.2) is 0 Å². The monoisotopic (exact) mass is 379 g/mol. The molecule has 3 heteroatoms. The van der Waals surface area contributed by atoms with E-state index in [-0.39, 0.29) is 0 Å². The predicted molar refractivity (Wildman–Crippen MR) is 116 cm³/mol. The van der Waals surface area contributed by atoms with Crippen molar-refractivity contribution in [2.75, 3.05) is 0 Å². The number of benzene rings is 2. The fourth-order valence-electron chi connectivity index (χ4n) is 5.09. The van der Waals surface area contributed by atoms with Gasteiger partial charge in [0.25, 0.3) is 0 Å². The maximum atomic E-state index is 11.6. The van der Waals surface area contributed by atoms with Crippen molar-refractivity contribution in [2.24, 2.45) is 0 Å². The first-order valence-corrected chi connectivity index (χ1v) is 14.0. The molecule has 2 bridgehead atoms. The first kappa shape index (κ1) is 18.9. The SMILES string of the molecule is C[Si](C)(C)c1ccc(C2(O)CC3CCCC(C2)N3Cc2ccccc2)cc1. The zero-order chi connectivity index (χ0) is 19.1. The van der Waals surface area contributed by atoms with Gasteiger partial charge in [-0.05, 0) is 36.8 Å². The Morgan fingerprint density at radius 1 is 0.926 bits per heavy atom. The molecule has 2 aromatic rings. The van der Waals surface area contributed by atoms with Crippen LogP contribution in [0.2, 0.25) is 19.6 Å². The fraction of sp³-hybridized carbons (Fsp3) is 0.500. The van der Waals surface area contributed by atoms with Crippen LogP contribution in [0.25, 0.3) is 0 Å². The van der Waals surface area contributed by atoms with Gasteiger partial charge in [0.1, 0.15) is 0 Å². The second kappa shape index (κ2) is 7.19. The Morgan fingerprint density at radius 3 is 2.07 bits per heavy atom. The highest BCUT2D eigenvalue weighted by atomic mass is 28.3. The van der Waals surface area contributed by atoms with E-state index in [2.05, 4.69) is 79.1 Å². The van der Waals surface area contributed by atoms with E-state index in [1.807, 2.05) is 0 Å². The van der Waals surface area contributed by atoms with Crippen molar-refractivity contribution in [1.82, 2.24) is 4.90 Å². The third-order valence-corrected chi connectivity index (χ3v) is 8.72. The van der Waals surface area contributed by atoms with E-state index in [0.717, 1.165) is 24.9 Å². The summed E-state index contributed by atoms with van der Waals surface area (Å²) in [4.78, 5) is 2.67. The number of aliphatic hydroxyl groups is 1. The molecule has 2 nitrogen and oxygen atoms in total. The van der Waals surface area contributed by atoms with Gasteiger partial charge >= 0.3 is 0 Å². The van der Waals surface area contributed by atoms with Crippen LogP contribution in [0.3, 0.4) is 0 Å². The van der Waals surface area contributed by atoms with Crippen LogP contribution < -0.4 is 5.19 Å². The van der Waals surface area contributed by atoms with Crippen molar-refractivity contribution in [1.29, 1.82) is 0 Å². The lowest BCUT2D eigenvalue weighted by Gasteiger charge is -2.52. The molecule has 2 aromatic carbocycles. The smallest absolute Gasteiger partial charge is 0.0926 e. The largest absolute Gasteiger partial charge is 0.385 e. The minimum atomic E-state index is -1.30. The van der Waals surface area contributed by atoms with Crippen LogP contribution in [0.15, 0.2) is 54.6 Å². The minimum absolute atomic E-state index is 0.486. The van der Waals surface area contributed by atoms with Crippen LogP contribution in [0.4, 0.5) is 0 Å². The molecule has 2 unspecified atom stereocenters. The second-order valence-electron chi connectivity index (χ2n) is 9.66. The summed E-state index contributed by atoms with van der Waals surface area (Å²) in [5, 5.41) is 13.1. The summed E-state index contributed by atoms with van der Waals surface area (Å²) < 4.78 is 0. The number of nitrogens with zero attached hydrogens (tertiary/aromatic N) is 1. The Kier molecular flexibility index (Phi) is 5.04. The molecule has 0 saturated carbocycles. The van der Waals surface area contributed by atoms with E-state index in [1.54, 1.807) is 0 Å². The lowest BCUT2D eigenvalue weighted by atomic mass is 9.72. The summed E-state index contributed by atoms with van der Waals surface area (Å²) in [6.45, 7) is 8.15. The van der Waals surface area contributed by atoms with Gasteiger partial charge in [0.15, 0.2) is 0 Å². The molecule has 2 aliphatic heterocycles. The van der Waals surface area contributed by atoms with Gasteiger partial charge in [-0.2, -0.15) is 0 Å². The van der Waals surface area contributed by atoms with E-state index in [9.17, 15) is 5.11 Å². The fourth-order valence-corrected chi connectivity index (χ4v) is 6.26. The van der Waals surface area contributed by atoms with Crippen LogP contribution in [-0.4, -0.2) is 30.2 Å². The first-order valence-electron chi connectivity index (χ1n) is 10.5. The molecule has 27 heavy (non-hydrogen) atoms. The maximum absolute atomic E-state index is 11.6. The van der Waals surface area contributed by atoms with Crippen molar-refractivity contribution in [3.8, 4) is 0 Å². The molecule has 0 spiro atoms. The molecule has 4 rings (SSSR count). The van der Waals surface area contributed by atoms with Crippen LogP contribution >= 0.6 is 0 Å². The summed E-state index contributed by atoms with van der Waals surface area (Å²) in [6.07, 6.45) is 5.44. The highest BCUT2D eigenvalue weighted by molar-refractivity contribution is 6.88. The van der Waals surface area contributed by atoms with Gasteiger partial charge in [-0.1, -0.05) is 85.8 Å². The topological polar surface area (TPSA) is 23.5 Å². The Bertz CT molecular complexity index is 751. The van der Waals surface area contributed by atoms with Crippen molar-refractivity contribution >= 4 is 13.3 Å². The number of hydrogen-bond acceptors (Lipinski definition) is 2. The van der Waals surface area contributed by atoms with E-state index in [1.165, 1.54) is 30.0 Å². The zero-order valence-corrected chi connectivity index (χ0v) is 18.0. The lowest BCUT2D eigenvalue weighted by Crippen LogP contribution is -2.56. The van der Waals surface area contributed by atoms with Crippen LogP contribution in [0, 0.1) is 0 Å². The molecule has 0 amide bonds. The maximum Gasteiger partial charge on any atom is 0.0926 e. The summed E-state index contributed by atoms with van der Waals surface area (Å²) in [5.41, 5.74) is 1.85. The van der Waals surface area contributed by atoms with E-state index in [4.69, 9.17) is 0 Å². The molecule has 144 valence electrons. The highest BCUT2D eigenvalue weighted by Gasteiger charge is 2.46. The Balaban J connectivity index is 1.55. The average molecular weight is 380 g/mol.